The predicted molar refractivity (Wildman–Crippen MR) is 88.1 cm³/mol. The number of amides is 1. The van der Waals surface area contributed by atoms with Crippen molar-refractivity contribution in [3.8, 4) is 11.8 Å². The summed E-state index contributed by atoms with van der Waals surface area (Å²) in [5, 5.41) is 3.00. The van der Waals surface area contributed by atoms with Gasteiger partial charge in [0.15, 0.2) is 0 Å². The highest BCUT2D eigenvalue weighted by Crippen LogP contribution is 2.24. The van der Waals surface area contributed by atoms with E-state index in [0.717, 1.165) is 11.1 Å². The zero-order valence-electron chi connectivity index (χ0n) is 13.7. The summed E-state index contributed by atoms with van der Waals surface area (Å²) in [5.74, 6) is 6.14. The van der Waals surface area contributed by atoms with Crippen molar-refractivity contribution in [3.63, 3.8) is 0 Å². The molecule has 0 heterocycles. The minimum absolute atomic E-state index is 0.0504. The molecule has 0 radical (unpaired) electrons. The van der Waals surface area contributed by atoms with Gasteiger partial charge in [-0.05, 0) is 42.0 Å². The number of hydrogen-bond donors (Lipinski definition) is 2. The van der Waals surface area contributed by atoms with E-state index in [2.05, 4.69) is 44.9 Å². The maximum atomic E-state index is 12.3. The first-order valence-electron chi connectivity index (χ1n) is 7.33. The molecule has 3 N–H and O–H groups in total. The average molecular weight is 286 g/mol. The fourth-order valence-electron chi connectivity index (χ4n) is 1.79. The van der Waals surface area contributed by atoms with Crippen molar-refractivity contribution in [1.82, 2.24) is 5.32 Å². The smallest absolute Gasteiger partial charge is 0.251 e. The quantitative estimate of drug-likeness (QED) is 0.839. The first-order chi connectivity index (χ1) is 9.74. The molecule has 114 valence electrons. The van der Waals surface area contributed by atoms with Crippen molar-refractivity contribution >= 4 is 5.91 Å². The molecule has 0 fully saturated rings. The minimum Gasteiger partial charge on any atom is -0.352 e. The van der Waals surface area contributed by atoms with Crippen molar-refractivity contribution < 1.29 is 4.79 Å². The third-order valence-electron chi connectivity index (χ3n) is 3.72. The van der Waals surface area contributed by atoms with E-state index in [1.807, 2.05) is 25.1 Å². The molecule has 1 rings (SSSR count). The molecule has 1 aromatic carbocycles. The van der Waals surface area contributed by atoms with Crippen molar-refractivity contribution in [3.05, 3.63) is 34.9 Å². The molecule has 0 aliphatic heterocycles. The molecule has 0 aliphatic carbocycles. The lowest BCUT2D eigenvalue weighted by atomic mass is 9.82. The maximum Gasteiger partial charge on any atom is 0.251 e. The van der Waals surface area contributed by atoms with E-state index in [-0.39, 0.29) is 11.3 Å². The number of benzene rings is 1. The van der Waals surface area contributed by atoms with Crippen LogP contribution in [0.5, 0.6) is 0 Å². The van der Waals surface area contributed by atoms with Gasteiger partial charge in [0, 0.05) is 17.7 Å². The van der Waals surface area contributed by atoms with E-state index in [0.29, 0.717) is 24.6 Å². The number of aryl methyl sites for hydroxylation is 1. The number of carbonyl (C=O) groups excluding carboxylic acids is 1. The first kappa shape index (κ1) is 17.3. The van der Waals surface area contributed by atoms with Crippen molar-refractivity contribution in [2.75, 3.05) is 13.1 Å². The van der Waals surface area contributed by atoms with Crippen LogP contribution in [0.25, 0.3) is 0 Å². The van der Waals surface area contributed by atoms with E-state index < -0.39 is 0 Å². The van der Waals surface area contributed by atoms with Gasteiger partial charge in [0.05, 0.1) is 6.54 Å². The fourth-order valence-corrected chi connectivity index (χ4v) is 1.79. The predicted octanol–water partition coefficient (Wildman–Crippen LogP) is 2.72. The summed E-state index contributed by atoms with van der Waals surface area (Å²) >= 11 is 0. The molecular formula is C18H26N2O. The van der Waals surface area contributed by atoms with Crippen LogP contribution >= 0.6 is 0 Å². The van der Waals surface area contributed by atoms with Crippen LogP contribution in [0.4, 0.5) is 0 Å². The zero-order valence-corrected chi connectivity index (χ0v) is 13.7. The highest BCUT2D eigenvalue weighted by molar-refractivity contribution is 5.94. The number of hydrogen-bond acceptors (Lipinski definition) is 2. The number of rotatable bonds is 3. The zero-order chi connectivity index (χ0) is 16.0. The largest absolute Gasteiger partial charge is 0.352 e. The van der Waals surface area contributed by atoms with Crippen LogP contribution in [0.1, 0.15) is 49.2 Å². The van der Waals surface area contributed by atoms with E-state index >= 15 is 0 Å². The van der Waals surface area contributed by atoms with Gasteiger partial charge in [0.25, 0.3) is 5.91 Å². The van der Waals surface area contributed by atoms with Crippen LogP contribution in [0.3, 0.4) is 0 Å². The van der Waals surface area contributed by atoms with Crippen LogP contribution in [0, 0.1) is 30.1 Å². The minimum atomic E-state index is -0.0504. The Morgan fingerprint density at radius 1 is 1.33 bits per heavy atom. The van der Waals surface area contributed by atoms with Gasteiger partial charge in [0.1, 0.15) is 0 Å². The lowest BCUT2D eigenvalue weighted by Crippen LogP contribution is -2.33. The van der Waals surface area contributed by atoms with Crippen LogP contribution in [0.15, 0.2) is 18.2 Å². The third-order valence-corrected chi connectivity index (χ3v) is 3.72. The second kappa shape index (κ2) is 7.28. The maximum absolute atomic E-state index is 12.3. The molecule has 1 atom stereocenters. The molecule has 0 aromatic heterocycles. The third kappa shape index (κ3) is 5.61. The Balaban J connectivity index is 2.81. The highest BCUT2D eigenvalue weighted by atomic mass is 16.1. The molecule has 0 saturated carbocycles. The Morgan fingerprint density at radius 2 is 2.00 bits per heavy atom. The first-order valence-corrected chi connectivity index (χ1v) is 7.33. The Hall–Kier alpha value is -1.79. The number of nitrogens with one attached hydrogen (secondary N) is 1. The Morgan fingerprint density at radius 3 is 2.57 bits per heavy atom. The number of nitrogens with two attached hydrogens (primary N) is 1. The van der Waals surface area contributed by atoms with Gasteiger partial charge in [-0.1, -0.05) is 39.5 Å². The molecule has 21 heavy (non-hydrogen) atoms. The highest BCUT2D eigenvalue weighted by Gasteiger charge is 2.20. The molecule has 1 unspecified atom stereocenters. The van der Waals surface area contributed by atoms with Crippen LogP contribution in [-0.4, -0.2) is 19.0 Å². The standard InChI is InChI=1S/C18H26N2O/c1-13-9-15(7-6-8-19)11-16(10-13)17(21)20-12-14(2)18(3,4)5/h9-11,14H,8,12,19H2,1-5H3,(H,20,21). The van der Waals surface area contributed by atoms with E-state index in [4.69, 9.17) is 5.73 Å². The second-order valence-corrected chi connectivity index (χ2v) is 6.57. The van der Waals surface area contributed by atoms with Gasteiger partial charge >= 0.3 is 0 Å². The Labute approximate surface area is 128 Å². The van der Waals surface area contributed by atoms with Gasteiger partial charge in [-0.2, -0.15) is 0 Å². The van der Waals surface area contributed by atoms with Crippen LogP contribution < -0.4 is 11.1 Å². The lowest BCUT2D eigenvalue weighted by molar-refractivity contribution is 0.0937. The van der Waals surface area contributed by atoms with Gasteiger partial charge in [-0.25, -0.2) is 0 Å². The molecule has 0 aliphatic rings. The van der Waals surface area contributed by atoms with Gasteiger partial charge in [-0.3, -0.25) is 4.79 Å². The van der Waals surface area contributed by atoms with Crippen molar-refractivity contribution in [1.29, 1.82) is 0 Å². The second-order valence-electron chi connectivity index (χ2n) is 6.57. The summed E-state index contributed by atoms with van der Waals surface area (Å²) in [5.41, 5.74) is 8.06. The summed E-state index contributed by atoms with van der Waals surface area (Å²) in [6.45, 7) is 11.6. The molecular weight excluding hydrogens is 260 g/mol. The monoisotopic (exact) mass is 286 g/mol. The molecule has 1 amide bonds. The van der Waals surface area contributed by atoms with Crippen molar-refractivity contribution in [2.24, 2.45) is 17.1 Å². The SMILES string of the molecule is Cc1cc(C#CCN)cc(C(=O)NCC(C)C(C)(C)C)c1. The summed E-state index contributed by atoms with van der Waals surface area (Å²) in [6.07, 6.45) is 0. The van der Waals surface area contributed by atoms with E-state index in [9.17, 15) is 4.79 Å². The molecule has 0 spiro atoms. The summed E-state index contributed by atoms with van der Waals surface area (Å²) in [7, 11) is 0. The van der Waals surface area contributed by atoms with Crippen molar-refractivity contribution in [2.45, 2.75) is 34.6 Å². The van der Waals surface area contributed by atoms with Crippen LogP contribution in [-0.2, 0) is 0 Å². The summed E-state index contributed by atoms with van der Waals surface area (Å²) in [6, 6.07) is 5.65. The average Bonchev–Trinajstić information content (AvgIpc) is 2.40. The topological polar surface area (TPSA) is 55.1 Å². The molecule has 1 aromatic rings. The lowest BCUT2D eigenvalue weighted by Gasteiger charge is -2.27. The van der Waals surface area contributed by atoms with Gasteiger partial charge in [0.2, 0.25) is 0 Å². The summed E-state index contributed by atoms with van der Waals surface area (Å²) in [4.78, 5) is 12.3. The Bertz CT molecular complexity index is 559. The van der Waals surface area contributed by atoms with Gasteiger partial charge in [-0.15, -0.1) is 0 Å². The molecule has 3 heteroatoms. The van der Waals surface area contributed by atoms with E-state index in [1.54, 1.807) is 0 Å². The van der Waals surface area contributed by atoms with E-state index in [1.165, 1.54) is 0 Å². The normalized spacial score (nSPS) is 12.3. The molecule has 3 nitrogen and oxygen atoms in total. The summed E-state index contributed by atoms with van der Waals surface area (Å²) < 4.78 is 0. The van der Waals surface area contributed by atoms with Crippen LogP contribution in [0.2, 0.25) is 0 Å². The fraction of sp³-hybridized carbons (Fsp3) is 0.500. The molecule has 0 saturated heterocycles. The number of carbonyl (C=O) groups is 1. The Kier molecular flexibility index (Phi) is 5.99. The molecule has 0 bridgehead atoms. The van der Waals surface area contributed by atoms with Gasteiger partial charge < -0.3 is 11.1 Å².